The molecule has 3 aromatic rings. The molecule has 28 heavy (non-hydrogen) atoms. The summed E-state index contributed by atoms with van der Waals surface area (Å²) in [7, 11) is 0. The molecule has 0 radical (unpaired) electrons. The van der Waals surface area contributed by atoms with E-state index in [4.69, 9.17) is 10.7 Å². The smallest absolute Gasteiger partial charge is 0.135 e. The standard InChI is InChI=1S/C22H18N4OS/c23-12-16-6-8-17(9-7-16)18-14-28-22(25-18)20-19(27)13-26(21(20)24)11-10-15-4-2-1-3-5-15/h1-9,14,24,27H,10-11,13H2. The fraction of sp³-hybridized carbons (Fsp3) is 0.136. The molecular weight excluding hydrogens is 368 g/mol. The van der Waals surface area contributed by atoms with Crippen LogP contribution in [-0.4, -0.2) is 33.9 Å². The fourth-order valence-corrected chi connectivity index (χ4v) is 4.09. The Morgan fingerprint density at radius 2 is 1.89 bits per heavy atom. The van der Waals surface area contributed by atoms with Gasteiger partial charge in [0, 0.05) is 17.5 Å². The molecule has 2 aromatic carbocycles. The first-order chi connectivity index (χ1) is 13.7. The summed E-state index contributed by atoms with van der Waals surface area (Å²) in [5.74, 6) is 0.507. The van der Waals surface area contributed by atoms with Gasteiger partial charge in [-0.2, -0.15) is 5.26 Å². The molecule has 0 fully saturated rings. The van der Waals surface area contributed by atoms with Gasteiger partial charge in [0.25, 0.3) is 0 Å². The zero-order valence-electron chi connectivity index (χ0n) is 15.1. The van der Waals surface area contributed by atoms with Gasteiger partial charge in [-0.3, -0.25) is 5.41 Å². The third kappa shape index (κ3) is 3.53. The number of aromatic nitrogens is 1. The number of aliphatic hydroxyl groups is 1. The third-order valence-electron chi connectivity index (χ3n) is 4.72. The quantitative estimate of drug-likeness (QED) is 0.677. The maximum Gasteiger partial charge on any atom is 0.135 e. The number of hydrogen-bond donors (Lipinski definition) is 2. The van der Waals surface area contributed by atoms with E-state index in [0.717, 1.165) is 17.7 Å². The van der Waals surface area contributed by atoms with Crippen molar-refractivity contribution in [3.63, 3.8) is 0 Å². The van der Waals surface area contributed by atoms with Gasteiger partial charge in [-0.1, -0.05) is 42.5 Å². The van der Waals surface area contributed by atoms with E-state index in [1.165, 1.54) is 16.9 Å². The summed E-state index contributed by atoms with van der Waals surface area (Å²) in [5, 5.41) is 30.4. The van der Waals surface area contributed by atoms with E-state index in [9.17, 15) is 5.11 Å². The van der Waals surface area contributed by atoms with Gasteiger partial charge < -0.3 is 10.0 Å². The maximum atomic E-state index is 10.5. The highest BCUT2D eigenvalue weighted by Crippen LogP contribution is 2.32. The Morgan fingerprint density at radius 3 is 2.61 bits per heavy atom. The number of aliphatic hydroxyl groups excluding tert-OH is 1. The molecule has 0 aliphatic carbocycles. The van der Waals surface area contributed by atoms with Crippen LogP contribution < -0.4 is 0 Å². The topological polar surface area (TPSA) is 84.0 Å². The van der Waals surface area contributed by atoms with Crippen LogP contribution in [0.25, 0.3) is 16.8 Å². The van der Waals surface area contributed by atoms with E-state index in [1.54, 1.807) is 12.1 Å². The second kappa shape index (κ2) is 7.67. The minimum Gasteiger partial charge on any atom is -0.510 e. The van der Waals surface area contributed by atoms with Gasteiger partial charge >= 0.3 is 0 Å². The number of nitriles is 1. The SMILES string of the molecule is N#Cc1ccc(-c2csc(C3=C(O)CN(CCc4ccccc4)C3=N)n2)cc1. The van der Waals surface area contributed by atoms with Crippen molar-refractivity contribution in [1.29, 1.82) is 10.7 Å². The van der Waals surface area contributed by atoms with Crippen LogP contribution in [0.5, 0.6) is 0 Å². The first kappa shape index (κ1) is 18.0. The van der Waals surface area contributed by atoms with Crippen LogP contribution in [0.1, 0.15) is 16.1 Å². The van der Waals surface area contributed by atoms with Crippen LogP contribution in [-0.2, 0) is 6.42 Å². The van der Waals surface area contributed by atoms with Gasteiger partial charge in [-0.15, -0.1) is 11.3 Å². The number of nitrogens with one attached hydrogen (secondary N) is 1. The molecule has 1 aliphatic heterocycles. The molecule has 0 atom stereocenters. The first-order valence-electron chi connectivity index (χ1n) is 8.92. The average molecular weight is 386 g/mol. The number of amidine groups is 1. The van der Waals surface area contributed by atoms with Gasteiger partial charge in [0.05, 0.1) is 29.4 Å². The highest BCUT2D eigenvalue weighted by atomic mass is 32.1. The Labute approximate surface area is 167 Å². The van der Waals surface area contributed by atoms with Crippen LogP contribution in [0.15, 0.2) is 65.7 Å². The molecule has 0 saturated carbocycles. The van der Waals surface area contributed by atoms with Gasteiger partial charge in [0.2, 0.25) is 0 Å². The third-order valence-corrected chi connectivity index (χ3v) is 5.58. The summed E-state index contributed by atoms with van der Waals surface area (Å²) in [4.78, 5) is 6.50. The van der Waals surface area contributed by atoms with E-state index in [1.807, 2.05) is 40.6 Å². The van der Waals surface area contributed by atoms with Gasteiger partial charge in [-0.25, -0.2) is 4.98 Å². The minimum atomic E-state index is 0.193. The van der Waals surface area contributed by atoms with Crippen molar-refractivity contribution in [3.05, 3.63) is 81.9 Å². The highest BCUT2D eigenvalue weighted by Gasteiger charge is 2.30. The Balaban J connectivity index is 1.49. The monoisotopic (exact) mass is 386 g/mol. The molecule has 0 saturated heterocycles. The Bertz CT molecular complexity index is 1080. The summed E-state index contributed by atoms with van der Waals surface area (Å²) in [5.41, 5.74) is 4.01. The summed E-state index contributed by atoms with van der Waals surface area (Å²) in [6.07, 6.45) is 0.818. The number of hydrogen-bond acceptors (Lipinski definition) is 5. The van der Waals surface area contributed by atoms with Gasteiger partial charge in [0.1, 0.15) is 16.6 Å². The van der Waals surface area contributed by atoms with Crippen LogP contribution in [0.3, 0.4) is 0 Å². The predicted molar refractivity (Wildman–Crippen MR) is 111 cm³/mol. The lowest BCUT2D eigenvalue weighted by Gasteiger charge is -2.18. The van der Waals surface area contributed by atoms with Crippen molar-refractivity contribution in [1.82, 2.24) is 9.88 Å². The van der Waals surface area contributed by atoms with E-state index in [-0.39, 0.29) is 5.76 Å². The lowest BCUT2D eigenvalue weighted by Crippen LogP contribution is -2.28. The molecule has 0 unspecified atom stereocenters. The van der Waals surface area contributed by atoms with Crippen molar-refractivity contribution in [2.75, 3.05) is 13.1 Å². The van der Waals surface area contributed by atoms with E-state index in [2.05, 4.69) is 23.2 Å². The Hall–Kier alpha value is -3.43. The van der Waals surface area contributed by atoms with E-state index >= 15 is 0 Å². The molecule has 0 amide bonds. The largest absolute Gasteiger partial charge is 0.510 e. The molecular formula is C22H18N4OS. The van der Waals surface area contributed by atoms with Gasteiger partial charge in [0.15, 0.2) is 0 Å². The molecule has 0 spiro atoms. The average Bonchev–Trinajstić information content (AvgIpc) is 3.31. The molecule has 138 valence electrons. The fourth-order valence-electron chi connectivity index (χ4n) is 3.19. The molecule has 2 N–H and O–H groups in total. The maximum absolute atomic E-state index is 10.5. The Kier molecular flexibility index (Phi) is 4.92. The highest BCUT2D eigenvalue weighted by molar-refractivity contribution is 7.11. The van der Waals surface area contributed by atoms with Crippen LogP contribution in [0.4, 0.5) is 0 Å². The molecule has 6 heteroatoms. The van der Waals surface area contributed by atoms with Crippen LogP contribution >= 0.6 is 11.3 Å². The second-order valence-corrected chi connectivity index (χ2v) is 7.41. The van der Waals surface area contributed by atoms with Crippen molar-refractivity contribution in [2.24, 2.45) is 0 Å². The first-order valence-corrected chi connectivity index (χ1v) is 9.80. The minimum absolute atomic E-state index is 0.193. The van der Waals surface area contributed by atoms with Crippen molar-refractivity contribution in [2.45, 2.75) is 6.42 Å². The number of rotatable bonds is 5. The van der Waals surface area contributed by atoms with Crippen molar-refractivity contribution in [3.8, 4) is 17.3 Å². The molecule has 5 nitrogen and oxygen atoms in total. The van der Waals surface area contributed by atoms with Crippen LogP contribution in [0, 0.1) is 16.7 Å². The molecule has 2 heterocycles. The van der Waals surface area contributed by atoms with E-state index in [0.29, 0.717) is 35.1 Å². The summed E-state index contributed by atoms with van der Waals surface area (Å²) >= 11 is 1.41. The summed E-state index contributed by atoms with van der Waals surface area (Å²) in [6, 6.07) is 19.5. The summed E-state index contributed by atoms with van der Waals surface area (Å²) < 4.78 is 0. The molecule has 4 rings (SSSR count). The number of nitrogens with zero attached hydrogens (tertiary/aromatic N) is 3. The van der Waals surface area contributed by atoms with Gasteiger partial charge in [-0.05, 0) is 24.1 Å². The van der Waals surface area contributed by atoms with Crippen molar-refractivity contribution >= 4 is 22.7 Å². The molecule has 1 aliphatic rings. The molecule has 1 aromatic heterocycles. The van der Waals surface area contributed by atoms with Crippen molar-refractivity contribution < 1.29 is 5.11 Å². The second-order valence-electron chi connectivity index (χ2n) is 6.55. The predicted octanol–water partition coefficient (Wildman–Crippen LogP) is 4.49. The molecule has 0 bridgehead atoms. The Morgan fingerprint density at radius 1 is 1.14 bits per heavy atom. The normalized spacial score (nSPS) is 13.8. The number of benzene rings is 2. The number of thiazole rings is 1. The van der Waals surface area contributed by atoms with Crippen LogP contribution in [0.2, 0.25) is 0 Å². The van der Waals surface area contributed by atoms with E-state index < -0.39 is 0 Å². The zero-order chi connectivity index (χ0) is 19.5. The lowest BCUT2D eigenvalue weighted by molar-refractivity contribution is 0.351. The lowest BCUT2D eigenvalue weighted by atomic mass is 10.1. The zero-order valence-corrected chi connectivity index (χ0v) is 15.9. The summed E-state index contributed by atoms with van der Waals surface area (Å²) in [6.45, 7) is 1.01.